The van der Waals surface area contributed by atoms with E-state index >= 15 is 0 Å². The second-order valence-electron chi connectivity index (χ2n) is 4.72. The van der Waals surface area contributed by atoms with Crippen molar-refractivity contribution < 1.29 is 0 Å². The Balaban J connectivity index is 1.91. The molecule has 0 aliphatic rings. The maximum Gasteiger partial charge on any atom is 0.157 e. The van der Waals surface area contributed by atoms with Gasteiger partial charge in [0.05, 0.1) is 11.8 Å². The molecule has 2 heterocycles. The first-order chi connectivity index (χ1) is 9.22. The van der Waals surface area contributed by atoms with E-state index in [0.717, 1.165) is 42.7 Å². The Hall–Kier alpha value is -1.93. The molecule has 0 aliphatic heterocycles. The van der Waals surface area contributed by atoms with Crippen molar-refractivity contribution in [1.82, 2.24) is 20.1 Å². The number of fused-ring (bicyclic) bond motifs is 1. The zero-order chi connectivity index (χ0) is 13.7. The number of rotatable bonds is 6. The monoisotopic (exact) mass is 257 g/mol. The summed E-state index contributed by atoms with van der Waals surface area (Å²) in [5, 5.41) is 17.3. The smallest absolute Gasteiger partial charge is 0.157 e. The first kappa shape index (κ1) is 13.5. The Kier molecular flexibility index (Phi) is 4.48. The molecule has 0 unspecified atom stereocenters. The molecule has 0 aliphatic carbocycles. The van der Waals surface area contributed by atoms with Crippen LogP contribution in [0.3, 0.4) is 0 Å². The van der Waals surface area contributed by atoms with Crippen molar-refractivity contribution in [1.29, 1.82) is 5.26 Å². The molecule has 0 spiro atoms. The summed E-state index contributed by atoms with van der Waals surface area (Å²) in [6.07, 6.45) is 4.54. The molecule has 0 aromatic carbocycles. The van der Waals surface area contributed by atoms with Crippen LogP contribution in [-0.4, -0.2) is 21.3 Å². The van der Waals surface area contributed by atoms with Gasteiger partial charge in [-0.2, -0.15) is 10.4 Å². The van der Waals surface area contributed by atoms with E-state index in [1.54, 1.807) is 0 Å². The van der Waals surface area contributed by atoms with Crippen LogP contribution in [0.1, 0.15) is 30.5 Å². The lowest BCUT2D eigenvalue weighted by atomic mass is 10.2. The summed E-state index contributed by atoms with van der Waals surface area (Å²) in [6.45, 7) is 3.75. The summed E-state index contributed by atoms with van der Waals surface area (Å²) in [4.78, 5) is 4.45. The van der Waals surface area contributed by atoms with Crippen LogP contribution in [0.15, 0.2) is 12.3 Å². The molecule has 1 N–H and O–H groups in total. The molecular formula is C14H19N5. The van der Waals surface area contributed by atoms with Gasteiger partial charge in [0.2, 0.25) is 0 Å². The Morgan fingerprint density at radius 3 is 3.05 bits per heavy atom. The fourth-order valence-corrected chi connectivity index (χ4v) is 2.13. The number of aromatic nitrogens is 3. The predicted octanol–water partition coefficient (Wildman–Crippen LogP) is 2.06. The average molecular weight is 257 g/mol. The number of hydrogen-bond donors (Lipinski definition) is 1. The van der Waals surface area contributed by atoms with Crippen LogP contribution in [0, 0.1) is 18.3 Å². The van der Waals surface area contributed by atoms with Crippen LogP contribution in [0.2, 0.25) is 0 Å². The highest BCUT2D eigenvalue weighted by Gasteiger charge is 2.06. The molecule has 0 amide bonds. The van der Waals surface area contributed by atoms with Gasteiger partial charge >= 0.3 is 0 Å². The van der Waals surface area contributed by atoms with E-state index in [1.807, 2.05) is 24.9 Å². The summed E-state index contributed by atoms with van der Waals surface area (Å²) >= 11 is 0. The molecule has 19 heavy (non-hydrogen) atoms. The molecule has 2 aromatic heterocycles. The SMILES string of the molecule is Cc1nn(C)c2ncc(CNCCCCC#N)cc12. The summed E-state index contributed by atoms with van der Waals surface area (Å²) < 4.78 is 1.81. The quantitative estimate of drug-likeness (QED) is 0.804. The molecule has 100 valence electrons. The predicted molar refractivity (Wildman–Crippen MR) is 74.4 cm³/mol. The van der Waals surface area contributed by atoms with Gasteiger partial charge in [-0.25, -0.2) is 4.98 Å². The maximum atomic E-state index is 8.44. The Labute approximate surface area is 113 Å². The van der Waals surface area contributed by atoms with E-state index in [9.17, 15) is 0 Å². The molecule has 2 aromatic rings. The minimum atomic E-state index is 0.643. The number of nitrogens with one attached hydrogen (secondary N) is 1. The molecule has 0 atom stereocenters. The minimum Gasteiger partial charge on any atom is -0.313 e. The van der Waals surface area contributed by atoms with Crippen LogP contribution in [0.4, 0.5) is 0 Å². The van der Waals surface area contributed by atoms with Crippen molar-refractivity contribution in [3.8, 4) is 6.07 Å². The lowest BCUT2D eigenvalue weighted by Gasteiger charge is -2.04. The number of nitrogens with zero attached hydrogens (tertiary/aromatic N) is 4. The first-order valence-electron chi connectivity index (χ1n) is 6.58. The third-order valence-corrected chi connectivity index (χ3v) is 3.14. The maximum absolute atomic E-state index is 8.44. The Bertz CT molecular complexity index is 594. The van der Waals surface area contributed by atoms with Crippen LogP contribution in [0.5, 0.6) is 0 Å². The lowest BCUT2D eigenvalue weighted by Crippen LogP contribution is -2.14. The van der Waals surface area contributed by atoms with E-state index in [2.05, 4.69) is 27.5 Å². The van der Waals surface area contributed by atoms with E-state index in [1.165, 1.54) is 5.56 Å². The third kappa shape index (κ3) is 3.30. The molecule has 0 radical (unpaired) electrons. The van der Waals surface area contributed by atoms with Crippen LogP contribution in [0.25, 0.3) is 11.0 Å². The van der Waals surface area contributed by atoms with Gasteiger partial charge in [0.15, 0.2) is 5.65 Å². The van der Waals surface area contributed by atoms with Gasteiger partial charge in [-0.1, -0.05) is 0 Å². The second kappa shape index (κ2) is 6.30. The van der Waals surface area contributed by atoms with Gasteiger partial charge in [0.25, 0.3) is 0 Å². The van der Waals surface area contributed by atoms with Crippen LogP contribution in [-0.2, 0) is 13.6 Å². The van der Waals surface area contributed by atoms with Crippen molar-refractivity contribution >= 4 is 11.0 Å². The fraction of sp³-hybridized carbons (Fsp3) is 0.500. The standard InChI is InChI=1S/C14H19N5/c1-11-13-8-12(9-16-7-5-3-4-6-15)10-17-14(13)19(2)18-11/h8,10,16H,3-5,7,9H2,1-2H3. The lowest BCUT2D eigenvalue weighted by molar-refractivity contribution is 0.628. The van der Waals surface area contributed by atoms with E-state index in [4.69, 9.17) is 5.26 Å². The number of hydrogen-bond acceptors (Lipinski definition) is 4. The number of nitriles is 1. The summed E-state index contributed by atoms with van der Waals surface area (Å²) in [5.41, 5.74) is 3.11. The largest absolute Gasteiger partial charge is 0.313 e. The van der Waals surface area contributed by atoms with E-state index in [-0.39, 0.29) is 0 Å². The molecule has 2 rings (SSSR count). The topological polar surface area (TPSA) is 66.5 Å². The summed E-state index contributed by atoms with van der Waals surface area (Å²) in [7, 11) is 1.91. The van der Waals surface area contributed by atoms with Crippen molar-refractivity contribution in [2.75, 3.05) is 6.54 Å². The fourth-order valence-electron chi connectivity index (χ4n) is 2.13. The molecule has 0 fully saturated rings. The normalized spacial score (nSPS) is 10.8. The van der Waals surface area contributed by atoms with E-state index < -0.39 is 0 Å². The summed E-state index contributed by atoms with van der Waals surface area (Å²) in [5.74, 6) is 0. The summed E-state index contributed by atoms with van der Waals surface area (Å²) in [6, 6.07) is 4.30. The first-order valence-corrected chi connectivity index (χ1v) is 6.58. The minimum absolute atomic E-state index is 0.643. The average Bonchev–Trinajstić information content (AvgIpc) is 2.69. The molecular weight excluding hydrogens is 238 g/mol. The molecule has 0 saturated carbocycles. The molecule has 0 bridgehead atoms. The highest BCUT2D eigenvalue weighted by Crippen LogP contribution is 2.16. The van der Waals surface area contributed by atoms with Crippen molar-refractivity contribution in [3.63, 3.8) is 0 Å². The van der Waals surface area contributed by atoms with Crippen LogP contribution >= 0.6 is 0 Å². The van der Waals surface area contributed by atoms with Crippen molar-refractivity contribution in [2.24, 2.45) is 7.05 Å². The van der Waals surface area contributed by atoms with Gasteiger partial charge in [-0.3, -0.25) is 4.68 Å². The van der Waals surface area contributed by atoms with Crippen LogP contribution < -0.4 is 5.32 Å². The highest BCUT2D eigenvalue weighted by molar-refractivity contribution is 5.78. The Morgan fingerprint density at radius 2 is 2.26 bits per heavy atom. The number of aryl methyl sites for hydroxylation is 2. The number of unbranched alkanes of at least 4 members (excludes halogenated alkanes) is 2. The number of pyridine rings is 1. The van der Waals surface area contributed by atoms with Crippen molar-refractivity contribution in [3.05, 3.63) is 23.5 Å². The second-order valence-corrected chi connectivity index (χ2v) is 4.72. The van der Waals surface area contributed by atoms with Gasteiger partial charge in [0, 0.05) is 31.6 Å². The molecule has 0 saturated heterocycles. The van der Waals surface area contributed by atoms with Gasteiger partial charge in [-0.05, 0) is 37.9 Å². The molecule has 5 heteroatoms. The zero-order valence-electron chi connectivity index (χ0n) is 11.5. The van der Waals surface area contributed by atoms with Gasteiger partial charge < -0.3 is 5.32 Å². The molecule has 5 nitrogen and oxygen atoms in total. The van der Waals surface area contributed by atoms with Gasteiger partial charge in [0.1, 0.15) is 0 Å². The van der Waals surface area contributed by atoms with Gasteiger partial charge in [-0.15, -0.1) is 0 Å². The zero-order valence-corrected chi connectivity index (χ0v) is 11.5. The van der Waals surface area contributed by atoms with E-state index in [0.29, 0.717) is 6.42 Å². The third-order valence-electron chi connectivity index (χ3n) is 3.14. The highest BCUT2D eigenvalue weighted by atomic mass is 15.3. The Morgan fingerprint density at radius 1 is 1.42 bits per heavy atom. The van der Waals surface area contributed by atoms with Crippen molar-refractivity contribution in [2.45, 2.75) is 32.7 Å².